The van der Waals surface area contributed by atoms with Gasteiger partial charge in [0, 0.05) is 17.7 Å². The van der Waals surface area contributed by atoms with E-state index in [4.69, 9.17) is 4.74 Å². The maximum Gasteiger partial charge on any atom is 0.433 e. The number of imidazole rings is 1. The molecule has 0 aromatic carbocycles. The highest BCUT2D eigenvalue weighted by atomic mass is 19.4. The third kappa shape index (κ3) is 3.78. The van der Waals surface area contributed by atoms with Gasteiger partial charge in [0.05, 0.1) is 17.9 Å². The molecule has 3 heterocycles. The summed E-state index contributed by atoms with van der Waals surface area (Å²) in [5.41, 5.74) is -3.48. The molecule has 148 valence electrons. The number of hydrogen-bond acceptors (Lipinski definition) is 4. The van der Waals surface area contributed by atoms with Crippen LogP contribution in [0, 0.1) is 0 Å². The second-order valence-electron chi connectivity index (χ2n) is 5.60. The summed E-state index contributed by atoms with van der Waals surface area (Å²) in [7, 11) is 0. The van der Waals surface area contributed by atoms with Gasteiger partial charge >= 0.3 is 18.3 Å². The molecule has 0 aliphatic heterocycles. The van der Waals surface area contributed by atoms with E-state index in [0.29, 0.717) is 0 Å². The summed E-state index contributed by atoms with van der Waals surface area (Å²) in [6.45, 7) is 1.74. The van der Waals surface area contributed by atoms with Crippen LogP contribution in [0.2, 0.25) is 0 Å². The lowest BCUT2D eigenvalue weighted by Gasteiger charge is -2.14. The van der Waals surface area contributed by atoms with Gasteiger partial charge in [-0.2, -0.15) is 26.3 Å². The zero-order valence-electron chi connectivity index (χ0n) is 14.1. The Morgan fingerprint density at radius 3 is 2.46 bits per heavy atom. The van der Waals surface area contributed by atoms with Crippen LogP contribution < -0.4 is 0 Å². The molecule has 0 amide bonds. The molecule has 3 aromatic heterocycles. The molecule has 3 rings (SSSR count). The predicted octanol–water partition coefficient (Wildman–Crippen LogP) is 4.50. The number of nitrogens with zero attached hydrogens (tertiary/aromatic N) is 3. The molecule has 5 nitrogen and oxygen atoms in total. The minimum absolute atomic E-state index is 0.0212. The first-order chi connectivity index (χ1) is 13.0. The molecule has 0 atom stereocenters. The topological polar surface area (TPSA) is 56.5 Å². The lowest BCUT2D eigenvalue weighted by atomic mass is 10.1. The minimum Gasteiger partial charge on any atom is -0.463 e. The molecule has 0 N–H and O–H groups in total. The van der Waals surface area contributed by atoms with Crippen molar-refractivity contribution in [3.8, 4) is 0 Å². The third-order valence-corrected chi connectivity index (χ3v) is 3.69. The van der Waals surface area contributed by atoms with E-state index in [9.17, 15) is 31.1 Å². The summed E-state index contributed by atoms with van der Waals surface area (Å²) in [4.78, 5) is 18.8. The number of halogens is 6. The molecule has 28 heavy (non-hydrogen) atoms. The number of fused-ring (bicyclic) bond motifs is 3. The predicted molar refractivity (Wildman–Crippen MR) is 86.2 cm³/mol. The van der Waals surface area contributed by atoms with Gasteiger partial charge in [-0.3, -0.25) is 4.40 Å². The van der Waals surface area contributed by atoms with Gasteiger partial charge in [-0.1, -0.05) is 0 Å². The molecule has 0 unspecified atom stereocenters. The van der Waals surface area contributed by atoms with E-state index in [2.05, 4.69) is 9.97 Å². The summed E-state index contributed by atoms with van der Waals surface area (Å²) < 4.78 is 84.7. The van der Waals surface area contributed by atoms with Crippen molar-refractivity contribution in [3.63, 3.8) is 0 Å². The molecule has 0 aliphatic rings. The highest BCUT2D eigenvalue weighted by Gasteiger charge is 2.39. The van der Waals surface area contributed by atoms with Gasteiger partial charge < -0.3 is 4.74 Å². The number of hydrogen-bond donors (Lipinski definition) is 0. The van der Waals surface area contributed by atoms with E-state index in [-0.39, 0.29) is 24.0 Å². The highest BCUT2D eigenvalue weighted by Crippen LogP contribution is 2.38. The number of esters is 1. The van der Waals surface area contributed by atoms with Gasteiger partial charge in [0.25, 0.3) is 0 Å². The molecule has 0 fully saturated rings. The summed E-state index contributed by atoms with van der Waals surface area (Å²) >= 11 is 0. The van der Waals surface area contributed by atoms with E-state index >= 15 is 0 Å². The van der Waals surface area contributed by atoms with Gasteiger partial charge in [0.1, 0.15) is 17.0 Å². The fraction of sp³-hybridized carbons (Fsp3) is 0.235. The molecule has 0 saturated heterocycles. The smallest absolute Gasteiger partial charge is 0.433 e. The van der Waals surface area contributed by atoms with Crippen molar-refractivity contribution in [2.24, 2.45) is 0 Å². The third-order valence-electron chi connectivity index (χ3n) is 3.69. The van der Waals surface area contributed by atoms with Crippen LogP contribution in [-0.2, 0) is 21.9 Å². The normalized spacial score (nSPS) is 13.0. The van der Waals surface area contributed by atoms with Crippen LogP contribution in [0.3, 0.4) is 0 Å². The van der Waals surface area contributed by atoms with Gasteiger partial charge in [-0.15, -0.1) is 0 Å². The van der Waals surface area contributed by atoms with Crippen LogP contribution in [0.1, 0.15) is 23.9 Å². The van der Waals surface area contributed by atoms with Crippen molar-refractivity contribution in [2.75, 3.05) is 6.61 Å². The SMILES string of the molecule is CCOC(=O)/C=C/c1cn2c(ccc3c(C(F)(F)F)cc(C(F)(F)F)nc32)n1. The van der Waals surface area contributed by atoms with Crippen molar-refractivity contribution >= 4 is 28.7 Å². The van der Waals surface area contributed by atoms with Gasteiger partial charge in [0.2, 0.25) is 0 Å². The fourth-order valence-corrected chi connectivity index (χ4v) is 2.55. The van der Waals surface area contributed by atoms with Crippen LogP contribution in [0.4, 0.5) is 26.3 Å². The minimum atomic E-state index is -5.07. The Kier molecular flexibility index (Phi) is 4.77. The zero-order valence-corrected chi connectivity index (χ0v) is 14.1. The van der Waals surface area contributed by atoms with Crippen LogP contribution in [0.15, 0.2) is 30.5 Å². The fourth-order valence-electron chi connectivity index (χ4n) is 2.55. The summed E-state index contributed by atoms with van der Waals surface area (Å²) in [5.74, 6) is -0.666. The lowest BCUT2D eigenvalue weighted by molar-refractivity contribution is -0.144. The molecule has 0 spiro atoms. The average Bonchev–Trinajstić information content (AvgIpc) is 3.01. The van der Waals surface area contributed by atoms with E-state index in [0.717, 1.165) is 16.5 Å². The first-order valence-corrected chi connectivity index (χ1v) is 7.83. The van der Waals surface area contributed by atoms with Crippen LogP contribution in [-0.4, -0.2) is 26.9 Å². The number of aromatic nitrogens is 3. The lowest BCUT2D eigenvalue weighted by Crippen LogP contribution is -2.14. The first kappa shape index (κ1) is 19.6. The molecular weight excluding hydrogens is 392 g/mol. The summed E-state index contributed by atoms with van der Waals surface area (Å²) in [6.07, 6.45) is -6.62. The molecule has 3 aromatic rings. The number of pyridine rings is 2. The van der Waals surface area contributed by atoms with Crippen molar-refractivity contribution in [1.29, 1.82) is 0 Å². The summed E-state index contributed by atoms with van der Waals surface area (Å²) in [5, 5.41) is -0.508. The monoisotopic (exact) mass is 403 g/mol. The Bertz CT molecular complexity index is 1080. The second kappa shape index (κ2) is 6.80. The highest BCUT2D eigenvalue weighted by molar-refractivity contribution is 5.87. The molecule has 11 heteroatoms. The van der Waals surface area contributed by atoms with Gasteiger partial charge in [0.15, 0.2) is 0 Å². The van der Waals surface area contributed by atoms with E-state index < -0.39 is 40.6 Å². The first-order valence-electron chi connectivity index (χ1n) is 7.83. The number of carbonyl (C=O) groups is 1. The number of carbonyl (C=O) groups excluding carboxylic acids is 1. The Balaban J connectivity index is 2.24. The Morgan fingerprint density at radius 1 is 1.14 bits per heavy atom. The molecule has 0 aliphatic carbocycles. The summed E-state index contributed by atoms with van der Waals surface area (Å²) in [6, 6.07) is 2.20. The van der Waals surface area contributed by atoms with Crippen molar-refractivity contribution in [1.82, 2.24) is 14.4 Å². The molecule has 0 radical (unpaired) electrons. The van der Waals surface area contributed by atoms with E-state index in [1.165, 1.54) is 18.3 Å². The van der Waals surface area contributed by atoms with Crippen LogP contribution in [0.25, 0.3) is 22.8 Å². The molecule has 0 saturated carbocycles. The van der Waals surface area contributed by atoms with Crippen LogP contribution in [0.5, 0.6) is 0 Å². The Labute approximate surface area is 153 Å². The Hall–Kier alpha value is -3.11. The maximum atomic E-state index is 13.3. The largest absolute Gasteiger partial charge is 0.463 e. The molecular formula is C17H11F6N3O2. The van der Waals surface area contributed by atoms with E-state index in [1.54, 1.807) is 6.92 Å². The van der Waals surface area contributed by atoms with Crippen LogP contribution >= 0.6 is 0 Å². The average molecular weight is 403 g/mol. The number of rotatable bonds is 3. The van der Waals surface area contributed by atoms with Crippen molar-refractivity contribution in [3.05, 3.63) is 47.4 Å². The quantitative estimate of drug-likeness (QED) is 0.367. The Morgan fingerprint density at radius 2 is 1.86 bits per heavy atom. The number of ether oxygens (including phenoxy) is 1. The second-order valence-corrected chi connectivity index (χ2v) is 5.60. The van der Waals surface area contributed by atoms with Gasteiger partial charge in [-0.25, -0.2) is 14.8 Å². The standard InChI is InChI=1S/C17H11F6N3O2/c1-2-28-14(27)6-3-9-8-26-13(24-9)5-4-10-11(16(18,19)20)7-12(17(21,22)23)25-15(10)26/h3-8H,2H2,1H3/b6-3+. The van der Waals surface area contributed by atoms with E-state index in [1.807, 2.05) is 0 Å². The van der Waals surface area contributed by atoms with Crippen molar-refractivity contribution < 1.29 is 35.9 Å². The van der Waals surface area contributed by atoms with Crippen molar-refractivity contribution in [2.45, 2.75) is 19.3 Å². The zero-order chi connectivity index (χ0) is 20.7. The van der Waals surface area contributed by atoms with Gasteiger partial charge in [-0.05, 0) is 31.2 Å². The maximum absolute atomic E-state index is 13.3. The number of alkyl halides is 6. The molecule has 0 bridgehead atoms.